The van der Waals surface area contributed by atoms with Gasteiger partial charge in [-0.3, -0.25) is 0 Å². The normalized spacial score (nSPS) is 10.1. The van der Waals surface area contributed by atoms with Gasteiger partial charge >= 0.3 is 6.15 Å². The summed E-state index contributed by atoms with van der Waals surface area (Å²) in [6.45, 7) is 7.12. The Morgan fingerprint density at radius 1 is 0.857 bits per heavy atom. The van der Waals surface area contributed by atoms with Crippen molar-refractivity contribution in [1.29, 1.82) is 21.0 Å². The Morgan fingerprint density at radius 3 is 1.33 bits per heavy atom. The van der Waals surface area contributed by atoms with E-state index >= 15 is 0 Å². The van der Waals surface area contributed by atoms with E-state index in [1.807, 2.05) is 0 Å². The molecular weight excluding hydrogens is 269 g/mol. The standard InChI is InChI=1S/C9H22NO2.C4BN4/c1-5-10(2,6-8-11-3)7-9-12-4;6-1-5(2-7,3-8)4-9/h5-9H2,1-4H3;/q+1;-1. The lowest BCUT2D eigenvalue weighted by Gasteiger charge is -2.32. The van der Waals surface area contributed by atoms with Crippen LogP contribution < -0.4 is 0 Å². The van der Waals surface area contributed by atoms with E-state index in [0.717, 1.165) is 37.3 Å². The number of ether oxygens (including phenoxy) is 2. The van der Waals surface area contributed by atoms with Gasteiger partial charge in [-0.25, -0.2) is 21.0 Å². The highest BCUT2D eigenvalue weighted by atomic mass is 16.5. The molecule has 21 heavy (non-hydrogen) atoms. The van der Waals surface area contributed by atoms with Crippen LogP contribution in [0.25, 0.3) is 0 Å². The van der Waals surface area contributed by atoms with Crippen molar-refractivity contribution in [1.82, 2.24) is 0 Å². The largest absolute Gasteiger partial charge is 0.383 e. The van der Waals surface area contributed by atoms with E-state index in [2.05, 4.69) is 14.0 Å². The van der Waals surface area contributed by atoms with Crippen molar-refractivity contribution in [3.8, 4) is 23.9 Å². The fraction of sp³-hybridized carbons (Fsp3) is 0.692. The van der Waals surface area contributed by atoms with Gasteiger partial charge in [0.1, 0.15) is 13.1 Å². The molecule has 0 fully saturated rings. The van der Waals surface area contributed by atoms with Crippen molar-refractivity contribution in [2.24, 2.45) is 0 Å². The molecule has 0 atom stereocenters. The molecule has 0 aromatic carbocycles. The van der Waals surface area contributed by atoms with Gasteiger partial charge in [0.15, 0.2) is 0 Å². The fourth-order valence-corrected chi connectivity index (χ4v) is 1.22. The van der Waals surface area contributed by atoms with Gasteiger partial charge in [-0.2, -0.15) is 0 Å². The van der Waals surface area contributed by atoms with Crippen molar-refractivity contribution in [2.45, 2.75) is 6.92 Å². The minimum Gasteiger partial charge on any atom is -0.379 e. The number of methoxy groups -OCH3 is 2. The van der Waals surface area contributed by atoms with Crippen molar-refractivity contribution < 1.29 is 14.0 Å². The highest BCUT2D eigenvalue weighted by Gasteiger charge is 2.22. The summed E-state index contributed by atoms with van der Waals surface area (Å²) in [5, 5.41) is 32.3. The summed E-state index contributed by atoms with van der Waals surface area (Å²) >= 11 is 0. The summed E-state index contributed by atoms with van der Waals surface area (Å²) in [7, 11) is 5.73. The van der Waals surface area contributed by atoms with Crippen LogP contribution in [0.4, 0.5) is 0 Å². The van der Waals surface area contributed by atoms with Gasteiger partial charge in [0.2, 0.25) is 0 Å². The Bertz CT molecular complexity index is 386. The quantitative estimate of drug-likeness (QED) is 0.496. The summed E-state index contributed by atoms with van der Waals surface area (Å²) in [5.74, 6) is 5.38. The maximum Gasteiger partial charge on any atom is 0.383 e. The lowest BCUT2D eigenvalue weighted by molar-refractivity contribution is -0.908. The highest BCUT2D eigenvalue weighted by molar-refractivity contribution is 7.05. The Morgan fingerprint density at radius 2 is 1.19 bits per heavy atom. The molecule has 0 rings (SSSR count). The van der Waals surface area contributed by atoms with Crippen LogP contribution >= 0.6 is 0 Å². The fourth-order valence-electron chi connectivity index (χ4n) is 1.22. The molecule has 0 aliphatic rings. The van der Waals surface area contributed by atoms with Crippen LogP contribution in [0.15, 0.2) is 0 Å². The monoisotopic (exact) mass is 291 g/mol. The van der Waals surface area contributed by atoms with Gasteiger partial charge in [0.05, 0.1) is 26.8 Å². The number of nitriles is 4. The lowest BCUT2D eigenvalue weighted by Crippen LogP contribution is -2.48. The second kappa shape index (κ2) is 11.7. The van der Waals surface area contributed by atoms with Crippen LogP contribution in [-0.4, -0.2) is 64.7 Å². The molecule has 0 N–H and O–H groups in total. The minimum absolute atomic E-state index is 0.827. The van der Waals surface area contributed by atoms with E-state index in [9.17, 15) is 0 Å². The van der Waals surface area contributed by atoms with Gasteiger partial charge in [0.25, 0.3) is 0 Å². The molecule has 8 heteroatoms. The first-order chi connectivity index (χ1) is 9.92. The molecule has 0 aromatic rings. The van der Waals surface area contributed by atoms with Crippen molar-refractivity contribution in [2.75, 3.05) is 54.1 Å². The van der Waals surface area contributed by atoms with Gasteiger partial charge in [-0.1, -0.05) is 0 Å². The maximum absolute atomic E-state index is 8.09. The molecule has 7 nitrogen and oxygen atoms in total. The average molecular weight is 291 g/mol. The first-order valence-electron chi connectivity index (χ1n) is 6.55. The van der Waals surface area contributed by atoms with Crippen LogP contribution in [0.1, 0.15) is 6.92 Å². The second-order valence-corrected chi connectivity index (χ2v) is 4.75. The molecule has 0 bridgehead atoms. The molecule has 0 aliphatic carbocycles. The predicted octanol–water partition coefficient (Wildman–Crippen LogP) is 0.432. The minimum atomic E-state index is -2.72. The maximum atomic E-state index is 8.09. The topological polar surface area (TPSA) is 114 Å². The van der Waals surface area contributed by atoms with Gasteiger partial charge in [-0.15, -0.1) is 23.9 Å². The zero-order chi connectivity index (χ0) is 16.8. The lowest BCUT2D eigenvalue weighted by atomic mass is 9.30. The number of hydrogen-bond acceptors (Lipinski definition) is 6. The first-order valence-corrected chi connectivity index (χ1v) is 6.55. The molecule has 0 amide bonds. The van der Waals surface area contributed by atoms with Crippen molar-refractivity contribution >= 4 is 6.15 Å². The Balaban J connectivity index is 0. The van der Waals surface area contributed by atoms with E-state index in [1.165, 1.54) is 23.9 Å². The molecule has 0 saturated carbocycles. The van der Waals surface area contributed by atoms with Crippen molar-refractivity contribution in [3.05, 3.63) is 0 Å². The van der Waals surface area contributed by atoms with Crippen LogP contribution in [0.3, 0.4) is 0 Å². The number of likely N-dealkylation sites (N-methyl/N-ethyl adjacent to an activating group) is 1. The third-order valence-electron chi connectivity index (χ3n) is 3.21. The van der Waals surface area contributed by atoms with Crippen molar-refractivity contribution in [3.63, 3.8) is 0 Å². The second-order valence-electron chi connectivity index (χ2n) is 4.75. The molecule has 0 unspecified atom stereocenters. The van der Waals surface area contributed by atoms with E-state index in [0.29, 0.717) is 0 Å². The summed E-state index contributed by atoms with van der Waals surface area (Å²) < 4.78 is 11.2. The zero-order valence-electron chi connectivity index (χ0n) is 13.2. The molecule has 0 radical (unpaired) electrons. The van der Waals surface area contributed by atoms with Crippen LogP contribution in [-0.2, 0) is 9.47 Å². The summed E-state index contributed by atoms with van der Waals surface area (Å²) in [6.07, 6.45) is -2.72. The van der Waals surface area contributed by atoms with E-state index in [4.69, 9.17) is 30.5 Å². The molecule has 0 spiro atoms. The smallest absolute Gasteiger partial charge is 0.379 e. The molecule has 114 valence electrons. The number of rotatable bonds is 7. The van der Waals surface area contributed by atoms with Crippen LogP contribution in [0.2, 0.25) is 0 Å². The van der Waals surface area contributed by atoms with E-state index in [-0.39, 0.29) is 0 Å². The van der Waals surface area contributed by atoms with Crippen LogP contribution in [0.5, 0.6) is 0 Å². The molecule has 0 heterocycles. The number of quaternary nitrogens is 1. The average Bonchev–Trinajstić information content (AvgIpc) is 2.54. The Labute approximate surface area is 127 Å². The third kappa shape index (κ3) is 8.63. The van der Waals surface area contributed by atoms with E-state index in [1.54, 1.807) is 14.2 Å². The number of hydrogen-bond donors (Lipinski definition) is 0. The van der Waals surface area contributed by atoms with Gasteiger partial charge < -0.3 is 14.0 Å². The van der Waals surface area contributed by atoms with E-state index < -0.39 is 6.15 Å². The predicted molar refractivity (Wildman–Crippen MR) is 78.4 cm³/mol. The Kier molecular flexibility index (Phi) is 11.8. The Hall–Kier alpha value is -2.10. The third-order valence-corrected chi connectivity index (χ3v) is 3.21. The van der Waals surface area contributed by atoms with Crippen LogP contribution in [0, 0.1) is 44.9 Å². The van der Waals surface area contributed by atoms with Gasteiger partial charge in [0, 0.05) is 14.2 Å². The molecule has 0 saturated heterocycles. The molecule has 0 aromatic heterocycles. The molecular formula is C13H22BN5O2. The number of nitrogens with zero attached hydrogens (tertiary/aromatic N) is 5. The first kappa shape index (κ1) is 21.2. The zero-order valence-corrected chi connectivity index (χ0v) is 13.2. The van der Waals surface area contributed by atoms with Gasteiger partial charge in [-0.05, 0) is 6.92 Å². The summed E-state index contributed by atoms with van der Waals surface area (Å²) in [4.78, 5) is 0. The SMILES string of the molecule is CC[N+](C)(CCOC)CCOC.N#C[B-](C#N)(C#N)C#N. The highest BCUT2D eigenvalue weighted by Crippen LogP contribution is 2.00. The molecule has 0 aliphatic heterocycles. The summed E-state index contributed by atoms with van der Waals surface area (Å²) in [6, 6.07) is 0. The summed E-state index contributed by atoms with van der Waals surface area (Å²) in [5.41, 5.74) is 0.